The Kier molecular flexibility index (Phi) is 12.8. The van der Waals surface area contributed by atoms with Gasteiger partial charge in [0.2, 0.25) is 5.91 Å². The van der Waals surface area contributed by atoms with Gasteiger partial charge in [0, 0.05) is 52.2 Å². The summed E-state index contributed by atoms with van der Waals surface area (Å²) in [6.45, 7) is 3.37. The van der Waals surface area contributed by atoms with Crippen LogP contribution in [-0.4, -0.2) is 46.2 Å². The van der Waals surface area contributed by atoms with Gasteiger partial charge in [-0.1, -0.05) is 45.4 Å². The van der Waals surface area contributed by atoms with Crippen molar-refractivity contribution in [2.45, 2.75) is 64.7 Å². The van der Waals surface area contributed by atoms with Crippen molar-refractivity contribution in [2.75, 3.05) is 44.6 Å². The number of unbranched alkanes of at least 4 members (excludes halogenated alkanes) is 6. The first-order valence-corrected chi connectivity index (χ1v) is 10.9. The highest BCUT2D eigenvalue weighted by molar-refractivity contribution is 6.02. The molecule has 1 aromatic rings. The summed E-state index contributed by atoms with van der Waals surface area (Å²) in [5, 5.41) is 5.85. The van der Waals surface area contributed by atoms with Crippen molar-refractivity contribution in [3.05, 3.63) is 23.8 Å². The second-order valence-electron chi connectivity index (χ2n) is 7.65. The molecule has 29 heavy (non-hydrogen) atoms. The summed E-state index contributed by atoms with van der Waals surface area (Å²) in [4.78, 5) is 26.8. The molecule has 1 rings (SSSR count). The molecule has 0 radical (unpaired) electrons. The van der Waals surface area contributed by atoms with Crippen LogP contribution in [0.1, 0.15) is 75.1 Å². The van der Waals surface area contributed by atoms with E-state index in [1.54, 1.807) is 13.2 Å². The topological polar surface area (TPSA) is 70.7 Å². The summed E-state index contributed by atoms with van der Waals surface area (Å²) < 4.78 is 5.01. The van der Waals surface area contributed by atoms with Gasteiger partial charge in [-0.3, -0.25) is 9.59 Å². The molecule has 0 heterocycles. The van der Waals surface area contributed by atoms with Crippen LogP contribution in [0, 0.1) is 0 Å². The normalized spacial score (nSPS) is 10.6. The zero-order chi connectivity index (χ0) is 21.5. The van der Waals surface area contributed by atoms with Gasteiger partial charge in [-0.2, -0.15) is 0 Å². The van der Waals surface area contributed by atoms with Gasteiger partial charge in [-0.15, -0.1) is 0 Å². The average Bonchev–Trinajstić information content (AvgIpc) is 2.70. The SMILES string of the molecule is CCCCCCCCCC(=O)Nc1ccc(N(C)C)c(C(=O)NCCCOC)c1. The van der Waals surface area contributed by atoms with Gasteiger partial charge in [0.1, 0.15) is 0 Å². The number of hydrogen-bond acceptors (Lipinski definition) is 4. The second-order valence-corrected chi connectivity index (χ2v) is 7.65. The summed E-state index contributed by atoms with van der Waals surface area (Å²) in [6, 6.07) is 5.47. The van der Waals surface area contributed by atoms with Crippen LogP contribution in [0.3, 0.4) is 0 Å². The van der Waals surface area contributed by atoms with E-state index in [1.807, 2.05) is 31.1 Å². The summed E-state index contributed by atoms with van der Waals surface area (Å²) in [7, 11) is 5.44. The van der Waals surface area contributed by atoms with Crippen LogP contribution >= 0.6 is 0 Å². The smallest absolute Gasteiger partial charge is 0.253 e. The van der Waals surface area contributed by atoms with Gasteiger partial charge >= 0.3 is 0 Å². The van der Waals surface area contributed by atoms with Crippen molar-refractivity contribution in [3.8, 4) is 0 Å². The molecule has 2 amide bonds. The molecule has 0 unspecified atom stereocenters. The van der Waals surface area contributed by atoms with Crippen LogP contribution in [0.15, 0.2) is 18.2 Å². The highest BCUT2D eigenvalue weighted by Gasteiger charge is 2.14. The van der Waals surface area contributed by atoms with E-state index in [0.29, 0.717) is 30.8 Å². The van der Waals surface area contributed by atoms with Crippen molar-refractivity contribution in [1.82, 2.24) is 5.32 Å². The molecule has 164 valence electrons. The number of hydrogen-bond donors (Lipinski definition) is 2. The Labute approximate surface area is 176 Å². The monoisotopic (exact) mass is 405 g/mol. The van der Waals surface area contributed by atoms with Crippen molar-refractivity contribution >= 4 is 23.2 Å². The third-order valence-corrected chi connectivity index (χ3v) is 4.82. The molecule has 6 heteroatoms. The first-order chi connectivity index (χ1) is 14.0. The first kappa shape index (κ1) is 25.0. The minimum atomic E-state index is -0.145. The molecule has 0 spiro atoms. The maximum Gasteiger partial charge on any atom is 0.253 e. The van der Waals surface area contributed by atoms with E-state index < -0.39 is 0 Å². The molecule has 0 aliphatic heterocycles. The minimum Gasteiger partial charge on any atom is -0.385 e. The predicted octanol–water partition coefficient (Wildman–Crippen LogP) is 4.60. The van der Waals surface area contributed by atoms with E-state index in [0.717, 1.165) is 24.9 Å². The average molecular weight is 406 g/mol. The van der Waals surface area contributed by atoms with Crippen LogP contribution in [0.25, 0.3) is 0 Å². The number of carbonyl (C=O) groups is 2. The Morgan fingerprint density at radius 3 is 2.34 bits per heavy atom. The second kappa shape index (κ2) is 14.9. The van der Waals surface area contributed by atoms with Gasteiger partial charge in [0.05, 0.1) is 5.56 Å². The quantitative estimate of drug-likeness (QED) is 0.419. The predicted molar refractivity (Wildman–Crippen MR) is 121 cm³/mol. The largest absolute Gasteiger partial charge is 0.385 e. The molecule has 0 atom stereocenters. The van der Waals surface area contributed by atoms with Crippen LogP contribution in [-0.2, 0) is 9.53 Å². The molecule has 0 saturated heterocycles. The highest BCUT2D eigenvalue weighted by Crippen LogP contribution is 2.23. The van der Waals surface area contributed by atoms with E-state index >= 15 is 0 Å². The van der Waals surface area contributed by atoms with Crippen molar-refractivity contribution in [3.63, 3.8) is 0 Å². The van der Waals surface area contributed by atoms with Gasteiger partial charge in [-0.05, 0) is 31.0 Å². The third kappa shape index (κ3) is 10.3. The van der Waals surface area contributed by atoms with E-state index in [-0.39, 0.29) is 11.8 Å². The molecule has 0 fully saturated rings. The molecule has 6 nitrogen and oxygen atoms in total. The Morgan fingerprint density at radius 2 is 1.69 bits per heavy atom. The lowest BCUT2D eigenvalue weighted by atomic mass is 10.1. The molecule has 0 saturated carbocycles. The molecular weight excluding hydrogens is 366 g/mol. The first-order valence-electron chi connectivity index (χ1n) is 10.9. The van der Waals surface area contributed by atoms with Crippen LogP contribution in [0.5, 0.6) is 0 Å². The number of amides is 2. The Bertz CT molecular complexity index is 617. The Morgan fingerprint density at radius 1 is 1.00 bits per heavy atom. The van der Waals surface area contributed by atoms with Crippen molar-refractivity contribution in [2.24, 2.45) is 0 Å². The van der Waals surface area contributed by atoms with Gasteiger partial charge in [-0.25, -0.2) is 0 Å². The Balaban J connectivity index is 2.56. The zero-order valence-electron chi connectivity index (χ0n) is 18.7. The number of benzene rings is 1. The summed E-state index contributed by atoms with van der Waals surface area (Å²) in [6.07, 6.45) is 9.55. The van der Waals surface area contributed by atoms with Crippen LogP contribution < -0.4 is 15.5 Å². The van der Waals surface area contributed by atoms with E-state index in [9.17, 15) is 9.59 Å². The number of methoxy groups -OCH3 is 1. The fourth-order valence-electron chi connectivity index (χ4n) is 3.17. The van der Waals surface area contributed by atoms with Crippen LogP contribution in [0.2, 0.25) is 0 Å². The number of nitrogens with one attached hydrogen (secondary N) is 2. The molecular formula is C23H39N3O3. The number of anilines is 2. The standard InChI is InChI=1S/C23H39N3O3/c1-5-6-7-8-9-10-11-13-22(27)25-19-14-15-21(26(2)3)20(18-19)23(28)24-16-12-17-29-4/h14-15,18H,5-13,16-17H2,1-4H3,(H,24,28)(H,25,27). The van der Waals surface area contributed by atoms with E-state index in [4.69, 9.17) is 4.74 Å². The maximum absolute atomic E-state index is 12.6. The fourth-order valence-corrected chi connectivity index (χ4v) is 3.17. The number of ether oxygens (including phenoxy) is 1. The molecule has 0 bridgehead atoms. The zero-order valence-corrected chi connectivity index (χ0v) is 18.7. The van der Waals surface area contributed by atoms with Gasteiger partial charge < -0.3 is 20.3 Å². The van der Waals surface area contributed by atoms with E-state index in [1.165, 1.54) is 32.1 Å². The molecule has 0 aliphatic carbocycles. The van der Waals surface area contributed by atoms with Gasteiger partial charge in [0.25, 0.3) is 5.91 Å². The van der Waals surface area contributed by atoms with E-state index in [2.05, 4.69) is 17.6 Å². The Hall–Kier alpha value is -2.08. The summed E-state index contributed by atoms with van der Waals surface area (Å²) in [5.41, 5.74) is 2.03. The molecule has 2 N–H and O–H groups in total. The maximum atomic E-state index is 12.6. The lowest BCUT2D eigenvalue weighted by Crippen LogP contribution is -2.27. The van der Waals surface area contributed by atoms with Crippen molar-refractivity contribution in [1.29, 1.82) is 0 Å². The minimum absolute atomic E-state index is 0.00242. The van der Waals surface area contributed by atoms with Crippen molar-refractivity contribution < 1.29 is 14.3 Å². The number of carbonyl (C=O) groups excluding carboxylic acids is 2. The summed E-state index contributed by atoms with van der Waals surface area (Å²) >= 11 is 0. The molecule has 0 aliphatic rings. The van der Waals surface area contributed by atoms with Gasteiger partial charge in [0.15, 0.2) is 0 Å². The molecule has 0 aromatic heterocycles. The lowest BCUT2D eigenvalue weighted by Gasteiger charge is -2.18. The van der Waals surface area contributed by atoms with Crippen LogP contribution in [0.4, 0.5) is 11.4 Å². The number of rotatable bonds is 15. The lowest BCUT2D eigenvalue weighted by molar-refractivity contribution is -0.116. The molecule has 1 aromatic carbocycles. The summed E-state index contributed by atoms with van der Waals surface area (Å²) in [5.74, 6) is -0.143. The third-order valence-electron chi connectivity index (χ3n) is 4.82. The number of nitrogens with zero attached hydrogens (tertiary/aromatic N) is 1. The highest BCUT2D eigenvalue weighted by atomic mass is 16.5. The fraction of sp³-hybridized carbons (Fsp3) is 0.652.